The summed E-state index contributed by atoms with van der Waals surface area (Å²) in [5.41, 5.74) is 1.94. The first-order chi connectivity index (χ1) is 10.3. The van der Waals surface area contributed by atoms with Gasteiger partial charge in [-0.2, -0.15) is 0 Å². The Hall–Kier alpha value is -0.860. The SMILES string of the molecule is CCC(Cc1ccccc1)N1CCNCC12CCCCC2. The van der Waals surface area contributed by atoms with Gasteiger partial charge in [0, 0.05) is 31.2 Å². The van der Waals surface area contributed by atoms with Crippen LogP contribution in [0.25, 0.3) is 0 Å². The van der Waals surface area contributed by atoms with Crippen LogP contribution in [0.3, 0.4) is 0 Å². The monoisotopic (exact) mass is 286 g/mol. The molecule has 2 heteroatoms. The Kier molecular flexibility index (Phi) is 4.97. The molecule has 0 aromatic heterocycles. The van der Waals surface area contributed by atoms with Crippen LogP contribution in [0.1, 0.15) is 51.0 Å². The molecule has 21 heavy (non-hydrogen) atoms. The fourth-order valence-corrected chi connectivity index (χ4v) is 4.46. The third kappa shape index (κ3) is 3.32. The molecule has 1 aromatic carbocycles. The summed E-state index contributed by atoms with van der Waals surface area (Å²) in [5.74, 6) is 0. The van der Waals surface area contributed by atoms with Crippen molar-refractivity contribution in [2.24, 2.45) is 0 Å². The van der Waals surface area contributed by atoms with Gasteiger partial charge < -0.3 is 5.32 Å². The molecule has 1 aliphatic carbocycles. The van der Waals surface area contributed by atoms with Crippen LogP contribution in [0.5, 0.6) is 0 Å². The highest BCUT2D eigenvalue weighted by Gasteiger charge is 2.42. The molecular weight excluding hydrogens is 256 g/mol. The molecule has 1 spiro atoms. The highest BCUT2D eigenvalue weighted by atomic mass is 15.3. The Labute approximate surface area is 129 Å². The summed E-state index contributed by atoms with van der Waals surface area (Å²) in [4.78, 5) is 2.88. The van der Waals surface area contributed by atoms with Gasteiger partial charge in [-0.25, -0.2) is 0 Å². The van der Waals surface area contributed by atoms with Gasteiger partial charge in [-0.05, 0) is 31.2 Å². The van der Waals surface area contributed by atoms with Crippen molar-refractivity contribution in [2.45, 2.75) is 63.5 Å². The molecule has 1 N–H and O–H groups in total. The zero-order valence-electron chi connectivity index (χ0n) is 13.5. The number of hydrogen-bond donors (Lipinski definition) is 1. The van der Waals surface area contributed by atoms with E-state index in [1.165, 1.54) is 63.6 Å². The lowest BCUT2D eigenvalue weighted by Gasteiger charge is -2.53. The van der Waals surface area contributed by atoms with Gasteiger partial charge in [-0.1, -0.05) is 56.5 Å². The lowest BCUT2D eigenvalue weighted by molar-refractivity contribution is -0.00855. The minimum atomic E-state index is 0.450. The molecule has 1 saturated heterocycles. The quantitative estimate of drug-likeness (QED) is 0.909. The van der Waals surface area contributed by atoms with E-state index in [9.17, 15) is 0 Å². The van der Waals surface area contributed by atoms with Crippen molar-refractivity contribution in [1.82, 2.24) is 10.2 Å². The maximum atomic E-state index is 3.68. The molecule has 1 unspecified atom stereocenters. The summed E-state index contributed by atoms with van der Waals surface area (Å²) >= 11 is 0. The van der Waals surface area contributed by atoms with Crippen molar-refractivity contribution in [3.8, 4) is 0 Å². The van der Waals surface area contributed by atoms with E-state index in [4.69, 9.17) is 0 Å². The topological polar surface area (TPSA) is 15.3 Å². The minimum absolute atomic E-state index is 0.450. The van der Waals surface area contributed by atoms with E-state index in [-0.39, 0.29) is 0 Å². The van der Waals surface area contributed by atoms with Crippen molar-refractivity contribution >= 4 is 0 Å². The molecule has 1 aromatic rings. The predicted molar refractivity (Wildman–Crippen MR) is 89.6 cm³/mol. The molecular formula is C19H30N2. The van der Waals surface area contributed by atoms with Gasteiger partial charge in [0.1, 0.15) is 0 Å². The predicted octanol–water partition coefficient (Wildman–Crippen LogP) is 3.62. The largest absolute Gasteiger partial charge is 0.314 e. The molecule has 1 heterocycles. The lowest BCUT2D eigenvalue weighted by Crippen LogP contribution is -2.65. The second kappa shape index (κ2) is 6.93. The van der Waals surface area contributed by atoms with E-state index in [0.29, 0.717) is 11.6 Å². The van der Waals surface area contributed by atoms with Gasteiger partial charge in [0.25, 0.3) is 0 Å². The number of rotatable bonds is 4. The Morgan fingerprint density at radius 3 is 2.62 bits per heavy atom. The summed E-state index contributed by atoms with van der Waals surface area (Å²) in [7, 11) is 0. The molecule has 0 radical (unpaired) electrons. The smallest absolute Gasteiger partial charge is 0.0337 e. The molecule has 0 amide bonds. The highest BCUT2D eigenvalue weighted by molar-refractivity contribution is 5.16. The number of nitrogens with zero attached hydrogens (tertiary/aromatic N) is 1. The van der Waals surface area contributed by atoms with Gasteiger partial charge in [-0.3, -0.25) is 4.90 Å². The van der Waals surface area contributed by atoms with Gasteiger partial charge in [-0.15, -0.1) is 0 Å². The van der Waals surface area contributed by atoms with Crippen molar-refractivity contribution in [3.63, 3.8) is 0 Å². The Morgan fingerprint density at radius 2 is 1.90 bits per heavy atom. The Balaban J connectivity index is 1.77. The summed E-state index contributed by atoms with van der Waals surface area (Å²) in [6.45, 7) is 5.96. The van der Waals surface area contributed by atoms with Crippen LogP contribution in [0, 0.1) is 0 Å². The zero-order valence-corrected chi connectivity index (χ0v) is 13.5. The summed E-state index contributed by atoms with van der Waals surface area (Å²) in [6.07, 6.45) is 9.53. The van der Waals surface area contributed by atoms with E-state index >= 15 is 0 Å². The fraction of sp³-hybridized carbons (Fsp3) is 0.684. The van der Waals surface area contributed by atoms with Crippen molar-refractivity contribution < 1.29 is 0 Å². The third-order valence-corrected chi connectivity index (χ3v) is 5.60. The minimum Gasteiger partial charge on any atom is -0.314 e. The van der Waals surface area contributed by atoms with Crippen LogP contribution in [-0.2, 0) is 6.42 Å². The van der Waals surface area contributed by atoms with Gasteiger partial charge >= 0.3 is 0 Å². The third-order valence-electron chi connectivity index (χ3n) is 5.60. The zero-order chi connectivity index (χ0) is 14.5. The summed E-state index contributed by atoms with van der Waals surface area (Å²) in [6, 6.07) is 11.8. The van der Waals surface area contributed by atoms with Crippen LogP contribution in [0.4, 0.5) is 0 Å². The molecule has 2 aliphatic rings. The standard InChI is InChI=1S/C19H30N2/c1-2-18(15-17-9-5-3-6-10-17)21-14-13-20-16-19(21)11-7-4-8-12-19/h3,5-6,9-10,18,20H,2,4,7-8,11-16H2,1H3. The second-order valence-corrected chi connectivity index (χ2v) is 6.91. The van der Waals surface area contributed by atoms with Crippen molar-refractivity contribution in [2.75, 3.05) is 19.6 Å². The second-order valence-electron chi connectivity index (χ2n) is 6.91. The highest BCUT2D eigenvalue weighted by Crippen LogP contribution is 2.37. The van der Waals surface area contributed by atoms with Crippen molar-refractivity contribution in [3.05, 3.63) is 35.9 Å². The van der Waals surface area contributed by atoms with Crippen LogP contribution < -0.4 is 5.32 Å². The van der Waals surface area contributed by atoms with Gasteiger partial charge in [0.2, 0.25) is 0 Å². The van der Waals surface area contributed by atoms with Crippen LogP contribution >= 0.6 is 0 Å². The number of piperazine rings is 1. The molecule has 2 fully saturated rings. The Morgan fingerprint density at radius 1 is 1.14 bits per heavy atom. The molecule has 1 atom stereocenters. The summed E-state index contributed by atoms with van der Waals surface area (Å²) in [5, 5.41) is 3.68. The number of nitrogens with one attached hydrogen (secondary N) is 1. The maximum absolute atomic E-state index is 3.68. The van der Waals surface area contributed by atoms with Crippen molar-refractivity contribution in [1.29, 1.82) is 0 Å². The fourth-order valence-electron chi connectivity index (χ4n) is 4.46. The van der Waals surface area contributed by atoms with E-state index < -0.39 is 0 Å². The number of hydrogen-bond acceptors (Lipinski definition) is 2. The van der Waals surface area contributed by atoms with Gasteiger partial charge in [0.15, 0.2) is 0 Å². The molecule has 0 bridgehead atoms. The van der Waals surface area contributed by atoms with E-state index in [2.05, 4.69) is 47.5 Å². The average molecular weight is 286 g/mol. The van der Waals surface area contributed by atoms with Crippen LogP contribution in [0.15, 0.2) is 30.3 Å². The summed E-state index contributed by atoms with van der Waals surface area (Å²) < 4.78 is 0. The molecule has 1 saturated carbocycles. The average Bonchev–Trinajstić information content (AvgIpc) is 2.55. The lowest BCUT2D eigenvalue weighted by atomic mass is 9.77. The first-order valence-electron chi connectivity index (χ1n) is 8.85. The van der Waals surface area contributed by atoms with Crippen LogP contribution in [-0.4, -0.2) is 36.1 Å². The number of benzene rings is 1. The molecule has 3 rings (SSSR count). The molecule has 116 valence electrons. The molecule has 1 aliphatic heterocycles. The Bertz CT molecular complexity index is 414. The first kappa shape index (κ1) is 15.1. The van der Waals surface area contributed by atoms with Crippen LogP contribution in [0.2, 0.25) is 0 Å². The van der Waals surface area contributed by atoms with Gasteiger partial charge in [0.05, 0.1) is 0 Å². The van der Waals surface area contributed by atoms with E-state index in [1.807, 2.05) is 0 Å². The first-order valence-corrected chi connectivity index (χ1v) is 8.85. The maximum Gasteiger partial charge on any atom is 0.0337 e. The normalized spacial score (nSPS) is 24.0. The van der Waals surface area contributed by atoms with E-state index in [1.54, 1.807) is 0 Å². The molecule has 2 nitrogen and oxygen atoms in total. The van der Waals surface area contributed by atoms with E-state index in [0.717, 1.165) is 6.54 Å².